The smallest absolute Gasteiger partial charge is 0.417 e. The van der Waals surface area contributed by atoms with Crippen LogP contribution in [0.25, 0.3) is 0 Å². The number of ether oxygens (including phenoxy) is 1. The third-order valence-corrected chi connectivity index (χ3v) is 13.3. The number of carbonyl (C=O) groups is 2. The average molecular weight is 552 g/mol. The molecule has 4 rings (SSSR count). The second-order valence-electron chi connectivity index (χ2n) is 12.7. The van der Waals surface area contributed by atoms with E-state index >= 15 is 0 Å². The monoisotopic (exact) mass is 551 g/mol. The Morgan fingerprint density at radius 3 is 2.13 bits per heavy atom. The highest BCUT2D eigenvalue weighted by Gasteiger charge is 2.71. The number of amides is 2. The Kier molecular flexibility index (Phi) is 6.92. The van der Waals surface area contributed by atoms with Crippen molar-refractivity contribution in [3.8, 4) is 6.07 Å². The van der Waals surface area contributed by atoms with Crippen LogP contribution in [0.1, 0.15) is 52.2 Å². The van der Waals surface area contributed by atoms with Crippen LogP contribution in [0.3, 0.4) is 0 Å². The number of nitrogens with zero attached hydrogens (tertiary/aromatic N) is 3. The maximum absolute atomic E-state index is 13.6. The van der Waals surface area contributed by atoms with Gasteiger partial charge in [0, 0.05) is 26.2 Å². The number of carbonyl (C=O) groups excluding carboxylic acids is 2. The fraction of sp³-hybridized carbons (Fsp3) is 0.667. The summed E-state index contributed by atoms with van der Waals surface area (Å²) in [6, 6.07) is 4.46. The lowest BCUT2D eigenvalue weighted by Crippen LogP contribution is -2.58. The van der Waals surface area contributed by atoms with Gasteiger partial charge in [-0.2, -0.15) is 18.4 Å². The molecule has 0 radical (unpaired) electrons. The number of morpholine rings is 1. The van der Waals surface area contributed by atoms with Gasteiger partial charge in [0.25, 0.3) is 0 Å². The molecule has 38 heavy (non-hydrogen) atoms. The Bertz CT molecular complexity index is 1160. The van der Waals surface area contributed by atoms with Crippen LogP contribution < -0.4 is 4.90 Å². The van der Waals surface area contributed by atoms with Crippen LogP contribution in [0, 0.1) is 23.2 Å². The number of hydrogen-bond donors (Lipinski definition) is 0. The maximum Gasteiger partial charge on any atom is 0.417 e. The predicted molar refractivity (Wildman–Crippen MR) is 138 cm³/mol. The molecule has 2 bridgehead atoms. The second-order valence-corrected chi connectivity index (χ2v) is 17.5. The van der Waals surface area contributed by atoms with Crippen LogP contribution >= 0.6 is 0 Å². The van der Waals surface area contributed by atoms with Gasteiger partial charge in [0.15, 0.2) is 8.32 Å². The Morgan fingerprint density at radius 2 is 1.66 bits per heavy atom. The van der Waals surface area contributed by atoms with E-state index in [4.69, 9.17) is 14.4 Å². The first-order chi connectivity index (χ1) is 17.3. The summed E-state index contributed by atoms with van der Waals surface area (Å²) in [6.45, 7) is 16.8. The van der Waals surface area contributed by atoms with Gasteiger partial charge in [0.2, 0.25) is 11.8 Å². The average Bonchev–Trinajstić information content (AvgIpc) is 3.15. The normalized spacial score (nSPS) is 30.1. The van der Waals surface area contributed by atoms with Gasteiger partial charge in [-0.3, -0.25) is 14.5 Å². The van der Waals surface area contributed by atoms with Crippen LogP contribution in [0.15, 0.2) is 18.2 Å². The van der Waals surface area contributed by atoms with Gasteiger partial charge >= 0.3 is 6.18 Å². The summed E-state index contributed by atoms with van der Waals surface area (Å²) >= 11 is 0. The van der Waals surface area contributed by atoms with Gasteiger partial charge in [0.1, 0.15) is 0 Å². The molecule has 0 saturated carbocycles. The van der Waals surface area contributed by atoms with Crippen molar-refractivity contribution in [2.75, 3.05) is 31.1 Å². The van der Waals surface area contributed by atoms with E-state index < -0.39 is 60.5 Å². The van der Waals surface area contributed by atoms with Gasteiger partial charge in [-0.25, -0.2) is 4.90 Å². The number of fused-ring (bicyclic) bond motifs is 5. The lowest BCUT2D eigenvalue weighted by atomic mass is 9.79. The number of likely N-dealkylation sites (tertiary alicyclic amines) is 1. The fourth-order valence-corrected chi connectivity index (χ4v) is 7.10. The summed E-state index contributed by atoms with van der Waals surface area (Å²) in [4.78, 5) is 30.3. The molecule has 4 unspecified atom stereocenters. The molecule has 4 atom stereocenters. The minimum atomic E-state index is -4.80. The molecule has 2 amide bonds. The number of alkyl halides is 3. The maximum atomic E-state index is 13.6. The Labute approximate surface area is 223 Å². The molecule has 0 N–H and O–H groups in total. The standard InChI is InChI=1S/C27H36F3N3O4Si/c1-24(2,3)38(6,7)36-12-8-11-32-15-25(4)20-21(26(5,16-32)37-25)23(35)33(22(20)34)18-10-9-17(14-31)19(13-18)27(28,29)30/h9-10,13,20-21H,8,11-12,15-16H2,1-7H3. The first-order valence-corrected chi connectivity index (χ1v) is 15.8. The lowest BCUT2D eigenvalue weighted by molar-refractivity contribution is -0.169. The quantitative estimate of drug-likeness (QED) is 0.283. The SMILES string of the molecule is CC12CN(CCCO[Si](C)(C)C(C)(C)C)CC(C)(O1)C1C(=O)N(c3ccc(C#N)c(C(F)(F)F)c3)C(=O)C12. The van der Waals surface area contributed by atoms with Crippen molar-refractivity contribution in [2.24, 2.45) is 11.8 Å². The van der Waals surface area contributed by atoms with Crippen LogP contribution in [0.5, 0.6) is 0 Å². The molecule has 1 aromatic carbocycles. The fourth-order valence-electron chi connectivity index (χ4n) is 6.01. The van der Waals surface area contributed by atoms with E-state index in [9.17, 15) is 22.8 Å². The van der Waals surface area contributed by atoms with Gasteiger partial charge in [0.05, 0.1) is 45.9 Å². The highest BCUT2D eigenvalue weighted by atomic mass is 28.4. The number of halogens is 3. The number of benzene rings is 1. The van der Waals surface area contributed by atoms with Gasteiger partial charge < -0.3 is 9.16 Å². The lowest BCUT2D eigenvalue weighted by Gasteiger charge is -2.45. The highest BCUT2D eigenvalue weighted by molar-refractivity contribution is 6.74. The molecular weight excluding hydrogens is 515 g/mol. The highest BCUT2D eigenvalue weighted by Crippen LogP contribution is 2.55. The first kappa shape index (κ1) is 28.7. The van der Waals surface area contributed by atoms with Crippen LogP contribution in [-0.2, 0) is 24.9 Å². The summed E-state index contributed by atoms with van der Waals surface area (Å²) in [5, 5.41) is 9.22. The number of hydrogen-bond acceptors (Lipinski definition) is 6. The number of nitriles is 1. The molecule has 11 heteroatoms. The molecule has 3 saturated heterocycles. The van der Waals surface area contributed by atoms with Gasteiger partial charge in [-0.05, 0) is 56.6 Å². The molecule has 208 valence electrons. The van der Waals surface area contributed by atoms with E-state index in [0.717, 1.165) is 23.9 Å². The molecule has 3 aliphatic heterocycles. The summed E-state index contributed by atoms with van der Waals surface area (Å²) in [5.74, 6) is -2.74. The van der Waals surface area contributed by atoms with Crippen molar-refractivity contribution in [3.63, 3.8) is 0 Å². The molecule has 0 aromatic heterocycles. The van der Waals surface area contributed by atoms with Crippen LogP contribution in [0.4, 0.5) is 18.9 Å². The zero-order chi connectivity index (χ0) is 28.5. The van der Waals surface area contributed by atoms with E-state index in [1.807, 2.05) is 13.8 Å². The van der Waals surface area contributed by atoms with E-state index in [2.05, 4.69) is 38.8 Å². The van der Waals surface area contributed by atoms with Crippen molar-refractivity contribution in [1.82, 2.24) is 4.90 Å². The van der Waals surface area contributed by atoms with Crippen molar-refractivity contribution >= 4 is 25.8 Å². The topological polar surface area (TPSA) is 82.9 Å². The zero-order valence-electron chi connectivity index (χ0n) is 23.0. The predicted octanol–water partition coefficient (Wildman–Crippen LogP) is 4.96. The number of anilines is 1. The third-order valence-electron chi connectivity index (χ3n) is 8.74. The molecule has 3 aliphatic rings. The third kappa shape index (κ3) is 4.70. The summed E-state index contributed by atoms with van der Waals surface area (Å²) in [6.07, 6.45) is -4.00. The van der Waals surface area contributed by atoms with Crippen molar-refractivity contribution in [2.45, 2.75) is 76.6 Å². The Morgan fingerprint density at radius 1 is 1.11 bits per heavy atom. The Hall–Kier alpha value is -2.26. The van der Waals surface area contributed by atoms with Crippen molar-refractivity contribution < 1.29 is 31.9 Å². The minimum absolute atomic E-state index is 0.117. The van der Waals surface area contributed by atoms with Crippen LogP contribution in [0.2, 0.25) is 18.1 Å². The molecule has 7 nitrogen and oxygen atoms in total. The van der Waals surface area contributed by atoms with E-state index in [0.29, 0.717) is 25.8 Å². The number of imide groups is 1. The summed E-state index contributed by atoms with van der Waals surface area (Å²) in [7, 11) is -1.86. The molecular formula is C27H36F3N3O4Si. The minimum Gasteiger partial charge on any atom is -0.417 e. The van der Waals surface area contributed by atoms with E-state index in [1.54, 1.807) is 0 Å². The largest absolute Gasteiger partial charge is 0.417 e. The van der Waals surface area contributed by atoms with Crippen LogP contribution in [-0.4, -0.2) is 62.5 Å². The number of rotatable bonds is 6. The summed E-state index contributed by atoms with van der Waals surface area (Å²) < 4.78 is 53.3. The molecule has 1 aromatic rings. The molecule has 0 aliphatic carbocycles. The zero-order valence-corrected chi connectivity index (χ0v) is 24.0. The van der Waals surface area contributed by atoms with E-state index in [-0.39, 0.29) is 10.7 Å². The molecule has 3 fully saturated rings. The Balaban J connectivity index is 1.52. The van der Waals surface area contributed by atoms with Crippen molar-refractivity contribution in [3.05, 3.63) is 29.3 Å². The summed E-state index contributed by atoms with van der Waals surface area (Å²) in [5.41, 5.74) is -3.83. The van der Waals surface area contributed by atoms with Gasteiger partial charge in [-0.1, -0.05) is 20.8 Å². The van der Waals surface area contributed by atoms with Gasteiger partial charge in [-0.15, -0.1) is 0 Å². The second kappa shape index (κ2) is 9.15. The molecule has 0 spiro atoms. The van der Waals surface area contributed by atoms with E-state index in [1.165, 1.54) is 12.1 Å². The molecule has 3 heterocycles. The van der Waals surface area contributed by atoms with Crippen molar-refractivity contribution in [1.29, 1.82) is 5.26 Å². The first-order valence-electron chi connectivity index (χ1n) is 12.9.